The van der Waals surface area contributed by atoms with E-state index < -0.39 is 0 Å². The first-order valence-corrected chi connectivity index (χ1v) is 8.84. The number of hydrogen-bond donors (Lipinski definition) is 1. The molecule has 0 radical (unpaired) electrons. The number of hydrogen-bond acceptors (Lipinski definition) is 5. The van der Waals surface area contributed by atoms with Crippen molar-refractivity contribution in [3.63, 3.8) is 0 Å². The zero-order chi connectivity index (χ0) is 18.3. The number of benzene rings is 1. The summed E-state index contributed by atoms with van der Waals surface area (Å²) in [4.78, 5) is 23.8. The normalized spacial score (nSPS) is 17.7. The molecule has 1 aliphatic heterocycles. The average Bonchev–Trinajstić information content (AvgIpc) is 2.99. The van der Waals surface area contributed by atoms with Crippen LogP contribution in [0.3, 0.4) is 0 Å². The van der Waals surface area contributed by atoms with Gasteiger partial charge >= 0.3 is 0 Å². The molecule has 4 rings (SSSR count). The van der Waals surface area contributed by atoms with Gasteiger partial charge in [0.15, 0.2) is 5.65 Å². The predicted molar refractivity (Wildman–Crippen MR) is 101 cm³/mol. The predicted octanol–water partition coefficient (Wildman–Crippen LogP) is 2.59. The van der Waals surface area contributed by atoms with Crippen molar-refractivity contribution in [3.8, 4) is 0 Å². The van der Waals surface area contributed by atoms with Crippen molar-refractivity contribution in [2.45, 2.75) is 32.7 Å². The first-order valence-electron chi connectivity index (χ1n) is 8.84. The second kappa shape index (κ2) is 6.40. The Morgan fingerprint density at radius 2 is 1.92 bits per heavy atom. The Kier molecular flexibility index (Phi) is 4.06. The van der Waals surface area contributed by atoms with Crippen molar-refractivity contribution in [2.24, 2.45) is 7.05 Å². The number of aromatic nitrogens is 4. The maximum absolute atomic E-state index is 13.0. The van der Waals surface area contributed by atoms with E-state index in [0.717, 1.165) is 36.1 Å². The molecule has 0 aliphatic carbocycles. The Hall–Kier alpha value is -2.96. The van der Waals surface area contributed by atoms with Crippen molar-refractivity contribution >= 4 is 28.4 Å². The van der Waals surface area contributed by atoms with Crippen LogP contribution in [0.2, 0.25) is 0 Å². The number of carbonyl (C=O) groups is 1. The molecule has 7 nitrogen and oxygen atoms in total. The van der Waals surface area contributed by atoms with E-state index in [-0.39, 0.29) is 11.9 Å². The fraction of sp³-hybridized carbons (Fsp3) is 0.368. The smallest absolute Gasteiger partial charge is 0.249 e. The Bertz CT molecular complexity index is 962. The van der Waals surface area contributed by atoms with Crippen LogP contribution in [0, 0.1) is 13.8 Å². The van der Waals surface area contributed by atoms with Gasteiger partial charge in [-0.2, -0.15) is 5.10 Å². The van der Waals surface area contributed by atoms with Crippen LogP contribution < -0.4 is 10.2 Å². The largest absolute Gasteiger partial charge is 0.358 e. The second-order valence-corrected chi connectivity index (χ2v) is 6.79. The third kappa shape index (κ3) is 2.89. The van der Waals surface area contributed by atoms with E-state index >= 15 is 0 Å². The van der Waals surface area contributed by atoms with Crippen molar-refractivity contribution in [1.82, 2.24) is 19.7 Å². The van der Waals surface area contributed by atoms with Gasteiger partial charge in [-0.25, -0.2) is 9.97 Å². The first-order chi connectivity index (χ1) is 12.5. The maximum atomic E-state index is 13.0. The Morgan fingerprint density at radius 1 is 1.15 bits per heavy atom. The Labute approximate surface area is 152 Å². The number of piperidine rings is 1. The number of carbonyl (C=O) groups excluding carboxylic acids is 1. The summed E-state index contributed by atoms with van der Waals surface area (Å²) in [6.45, 7) is 4.63. The van der Waals surface area contributed by atoms with Crippen molar-refractivity contribution in [2.75, 3.05) is 16.8 Å². The molecule has 3 aromatic rings. The van der Waals surface area contributed by atoms with E-state index in [2.05, 4.69) is 20.4 Å². The number of amides is 1. The van der Waals surface area contributed by atoms with Gasteiger partial charge in [-0.05, 0) is 38.8 Å². The highest BCUT2D eigenvalue weighted by Gasteiger charge is 2.30. The van der Waals surface area contributed by atoms with E-state index in [4.69, 9.17) is 0 Å². The minimum Gasteiger partial charge on any atom is -0.358 e. The molecular formula is C19H22N6O. The number of nitrogens with zero attached hydrogens (tertiary/aromatic N) is 5. The monoisotopic (exact) mass is 350 g/mol. The number of fused-ring (bicyclic) bond motifs is 1. The van der Waals surface area contributed by atoms with Crippen LogP contribution >= 0.6 is 0 Å². The van der Waals surface area contributed by atoms with Gasteiger partial charge in [0.2, 0.25) is 5.91 Å². The zero-order valence-electron chi connectivity index (χ0n) is 15.2. The van der Waals surface area contributed by atoms with Crippen LogP contribution in [-0.2, 0) is 11.8 Å². The maximum Gasteiger partial charge on any atom is 0.249 e. The molecule has 0 spiro atoms. The van der Waals surface area contributed by atoms with Crippen LogP contribution in [-0.4, -0.2) is 38.2 Å². The van der Waals surface area contributed by atoms with Crippen LogP contribution in [0.4, 0.5) is 11.5 Å². The first kappa shape index (κ1) is 16.5. The van der Waals surface area contributed by atoms with E-state index in [9.17, 15) is 4.79 Å². The SMILES string of the molecule is Cc1ccc(N2CCCC(Nc3nc(C)nc4c3cnn4C)C2=O)cc1. The van der Waals surface area contributed by atoms with E-state index in [0.29, 0.717) is 11.6 Å². The van der Waals surface area contributed by atoms with Crippen LogP contribution in [0.25, 0.3) is 11.0 Å². The Morgan fingerprint density at radius 3 is 2.69 bits per heavy atom. The van der Waals surface area contributed by atoms with Crippen LogP contribution in [0.1, 0.15) is 24.2 Å². The summed E-state index contributed by atoms with van der Waals surface area (Å²) in [6.07, 6.45) is 3.46. The molecule has 0 bridgehead atoms. The van der Waals surface area contributed by atoms with Gasteiger partial charge in [0.25, 0.3) is 0 Å². The summed E-state index contributed by atoms with van der Waals surface area (Å²) in [7, 11) is 1.85. The van der Waals surface area contributed by atoms with E-state index in [1.165, 1.54) is 5.56 Å². The Balaban J connectivity index is 1.62. The second-order valence-electron chi connectivity index (χ2n) is 6.79. The highest BCUT2D eigenvalue weighted by molar-refractivity contribution is 6.00. The molecule has 1 aliphatic rings. The highest BCUT2D eigenvalue weighted by atomic mass is 16.2. The summed E-state index contributed by atoms with van der Waals surface area (Å²) < 4.78 is 1.72. The number of rotatable bonds is 3. The lowest BCUT2D eigenvalue weighted by molar-refractivity contribution is -0.120. The molecule has 134 valence electrons. The highest BCUT2D eigenvalue weighted by Crippen LogP contribution is 2.26. The third-order valence-corrected chi connectivity index (χ3v) is 4.80. The molecule has 0 saturated carbocycles. The molecule has 26 heavy (non-hydrogen) atoms. The topological polar surface area (TPSA) is 75.9 Å². The van der Waals surface area contributed by atoms with Gasteiger partial charge in [-0.15, -0.1) is 0 Å². The quantitative estimate of drug-likeness (QED) is 0.786. The number of nitrogens with one attached hydrogen (secondary N) is 1. The van der Waals surface area contributed by atoms with Gasteiger partial charge in [-0.3, -0.25) is 9.48 Å². The van der Waals surface area contributed by atoms with Gasteiger partial charge in [0.05, 0.1) is 11.6 Å². The lowest BCUT2D eigenvalue weighted by Crippen LogP contribution is -2.48. The molecule has 1 atom stereocenters. The molecule has 1 fully saturated rings. The molecule has 1 aromatic carbocycles. The molecule has 1 unspecified atom stereocenters. The lowest BCUT2D eigenvalue weighted by atomic mass is 10.0. The summed E-state index contributed by atoms with van der Waals surface area (Å²) in [5, 5.41) is 8.43. The van der Waals surface area contributed by atoms with Gasteiger partial charge < -0.3 is 10.2 Å². The third-order valence-electron chi connectivity index (χ3n) is 4.80. The minimum absolute atomic E-state index is 0.0772. The fourth-order valence-electron chi connectivity index (χ4n) is 3.40. The molecule has 1 N–H and O–H groups in total. The molecule has 1 amide bonds. The number of aryl methyl sites for hydroxylation is 3. The molecule has 2 aromatic heterocycles. The van der Waals surface area contributed by atoms with Crippen molar-refractivity contribution in [1.29, 1.82) is 0 Å². The summed E-state index contributed by atoms with van der Waals surface area (Å²) in [6, 6.07) is 7.77. The van der Waals surface area contributed by atoms with Gasteiger partial charge in [0, 0.05) is 19.3 Å². The standard InChI is InChI=1S/C19H22N6O/c1-12-6-8-14(9-7-12)25-10-4-5-16(19(25)26)23-17-15-11-20-24(3)18(15)22-13(2)21-17/h6-9,11,16H,4-5,10H2,1-3H3,(H,21,22,23). The van der Waals surface area contributed by atoms with Crippen molar-refractivity contribution < 1.29 is 4.79 Å². The van der Waals surface area contributed by atoms with E-state index in [1.807, 2.05) is 50.1 Å². The molecule has 7 heteroatoms. The molecule has 3 heterocycles. The average molecular weight is 350 g/mol. The summed E-state index contributed by atoms with van der Waals surface area (Å²) in [5.74, 6) is 1.40. The number of anilines is 2. The molecular weight excluding hydrogens is 328 g/mol. The van der Waals surface area contributed by atoms with E-state index in [1.54, 1.807) is 10.9 Å². The van der Waals surface area contributed by atoms with Crippen molar-refractivity contribution in [3.05, 3.63) is 41.9 Å². The zero-order valence-corrected chi connectivity index (χ0v) is 15.2. The van der Waals surface area contributed by atoms with Crippen LogP contribution in [0.15, 0.2) is 30.5 Å². The van der Waals surface area contributed by atoms with Gasteiger partial charge in [-0.1, -0.05) is 17.7 Å². The van der Waals surface area contributed by atoms with Gasteiger partial charge in [0.1, 0.15) is 17.7 Å². The van der Waals surface area contributed by atoms with Crippen LogP contribution in [0.5, 0.6) is 0 Å². The molecule has 1 saturated heterocycles. The fourth-order valence-corrected chi connectivity index (χ4v) is 3.40. The minimum atomic E-state index is -0.303. The summed E-state index contributed by atoms with van der Waals surface area (Å²) >= 11 is 0. The lowest BCUT2D eigenvalue weighted by Gasteiger charge is -2.33. The summed E-state index contributed by atoms with van der Waals surface area (Å²) in [5.41, 5.74) is 2.89.